The number of rotatable bonds is 4. The van der Waals surface area contributed by atoms with Crippen LogP contribution in [0.5, 0.6) is 5.75 Å². The van der Waals surface area contributed by atoms with Gasteiger partial charge in [-0.1, -0.05) is 0 Å². The zero-order valence-electron chi connectivity index (χ0n) is 17.5. The summed E-state index contributed by atoms with van der Waals surface area (Å²) in [6.07, 6.45) is 3.66. The van der Waals surface area contributed by atoms with Crippen LogP contribution in [0.2, 0.25) is 0 Å². The Hall–Kier alpha value is -2.87. The molecule has 0 bridgehead atoms. The summed E-state index contributed by atoms with van der Waals surface area (Å²) in [6, 6.07) is 6.88. The van der Waals surface area contributed by atoms with Gasteiger partial charge in [-0.05, 0) is 49.9 Å². The van der Waals surface area contributed by atoms with E-state index in [4.69, 9.17) is 4.74 Å². The maximum absolute atomic E-state index is 13.1. The van der Waals surface area contributed by atoms with Crippen molar-refractivity contribution < 1.29 is 14.6 Å². The summed E-state index contributed by atoms with van der Waals surface area (Å²) < 4.78 is 6.72. The van der Waals surface area contributed by atoms with Crippen molar-refractivity contribution in [1.29, 1.82) is 0 Å². The number of β-amino-alcohol motifs (C(OH)–C–C–N with tert-alkyl or cyclic N) is 1. The summed E-state index contributed by atoms with van der Waals surface area (Å²) >= 11 is 0. The van der Waals surface area contributed by atoms with Gasteiger partial charge in [0.25, 0.3) is 11.5 Å². The number of carbonyl (C=O) groups is 1. The summed E-state index contributed by atoms with van der Waals surface area (Å²) in [5, 5.41) is 14.1. The van der Waals surface area contributed by atoms with Crippen LogP contribution in [0.15, 0.2) is 35.3 Å². The predicted octanol–water partition coefficient (Wildman–Crippen LogP) is 1.61. The van der Waals surface area contributed by atoms with Gasteiger partial charge in [0, 0.05) is 37.8 Å². The van der Waals surface area contributed by atoms with E-state index in [1.54, 1.807) is 31.5 Å². The minimum absolute atomic E-state index is 0.0319. The van der Waals surface area contributed by atoms with Crippen molar-refractivity contribution in [3.63, 3.8) is 0 Å². The van der Waals surface area contributed by atoms with Gasteiger partial charge in [0.05, 0.1) is 31.1 Å². The van der Waals surface area contributed by atoms with Gasteiger partial charge in [0.1, 0.15) is 5.75 Å². The van der Waals surface area contributed by atoms with Gasteiger partial charge in [0.2, 0.25) is 0 Å². The first-order valence-corrected chi connectivity index (χ1v) is 10.4. The molecule has 1 N–H and O–H groups in total. The van der Waals surface area contributed by atoms with Crippen molar-refractivity contribution in [2.75, 3.05) is 38.2 Å². The van der Waals surface area contributed by atoms with E-state index in [0.717, 1.165) is 36.4 Å². The van der Waals surface area contributed by atoms with Crippen LogP contribution in [0, 0.1) is 6.92 Å². The summed E-state index contributed by atoms with van der Waals surface area (Å²) in [6.45, 7) is 4.27. The second-order valence-electron chi connectivity index (χ2n) is 8.11. The molecule has 1 aromatic carbocycles. The second-order valence-corrected chi connectivity index (χ2v) is 8.11. The minimum Gasteiger partial charge on any atom is -0.497 e. The Bertz CT molecular complexity index is 989. The number of likely N-dealkylation sites (tertiary alicyclic amines) is 1. The lowest BCUT2D eigenvalue weighted by atomic mass is 10.0. The number of ether oxygens (including phenoxy) is 1. The number of aliphatic hydroxyl groups is 1. The third-order valence-electron chi connectivity index (χ3n) is 6.03. The molecule has 0 aliphatic carbocycles. The highest BCUT2D eigenvalue weighted by atomic mass is 16.5. The third-order valence-corrected chi connectivity index (χ3v) is 6.03. The zero-order chi connectivity index (χ0) is 21.3. The molecule has 8 nitrogen and oxygen atoms in total. The number of amides is 1. The molecule has 2 aliphatic rings. The van der Waals surface area contributed by atoms with Crippen molar-refractivity contribution in [2.45, 2.75) is 38.3 Å². The summed E-state index contributed by atoms with van der Waals surface area (Å²) in [4.78, 5) is 29.6. The number of nitrogens with zero attached hydrogens (tertiary/aromatic N) is 4. The molecule has 2 aliphatic heterocycles. The van der Waals surface area contributed by atoms with Gasteiger partial charge in [0.15, 0.2) is 0 Å². The lowest BCUT2D eigenvalue weighted by molar-refractivity contribution is 0.0669. The number of anilines is 1. The van der Waals surface area contributed by atoms with Gasteiger partial charge in [-0.3, -0.25) is 9.59 Å². The predicted molar refractivity (Wildman–Crippen MR) is 113 cm³/mol. The number of aliphatic hydroxyl groups excluding tert-OH is 1. The highest BCUT2D eigenvalue weighted by molar-refractivity contribution is 5.95. The SMILES string of the molecule is COc1ccc(C(=O)N2CCC[C@H](n3ncc(N4CC[C@H](O)C4)cc3=O)C2)c(C)c1. The lowest BCUT2D eigenvalue weighted by Gasteiger charge is -2.33. The molecule has 2 saturated heterocycles. The number of carbonyl (C=O) groups excluding carboxylic acids is 1. The largest absolute Gasteiger partial charge is 0.497 e. The monoisotopic (exact) mass is 412 g/mol. The van der Waals surface area contributed by atoms with Gasteiger partial charge < -0.3 is 19.6 Å². The van der Waals surface area contributed by atoms with Gasteiger partial charge >= 0.3 is 0 Å². The average Bonchev–Trinajstić information content (AvgIpc) is 3.19. The normalized spacial score (nSPS) is 21.7. The summed E-state index contributed by atoms with van der Waals surface area (Å²) in [5.74, 6) is 0.692. The molecular formula is C22H28N4O4. The van der Waals surface area contributed by atoms with Crippen molar-refractivity contribution in [3.05, 3.63) is 51.9 Å². The molecule has 0 spiro atoms. The fourth-order valence-corrected chi connectivity index (χ4v) is 4.34. The highest BCUT2D eigenvalue weighted by Crippen LogP contribution is 2.25. The molecule has 1 aromatic heterocycles. The van der Waals surface area contributed by atoms with E-state index in [1.807, 2.05) is 22.8 Å². The lowest BCUT2D eigenvalue weighted by Crippen LogP contribution is -2.43. The van der Waals surface area contributed by atoms with E-state index in [0.29, 0.717) is 31.6 Å². The molecule has 2 atom stereocenters. The number of piperidine rings is 1. The molecule has 1 amide bonds. The standard InChI is InChI=1S/C22H28N4O4/c1-15-10-19(30-2)5-6-20(15)22(29)25-8-3-4-16(13-25)26-21(28)11-17(12-23-26)24-9-7-18(27)14-24/h5-6,10-12,16,18,27H,3-4,7-9,13-14H2,1-2H3/t16-,18-/m0/s1. The maximum Gasteiger partial charge on any atom is 0.269 e. The molecular weight excluding hydrogens is 384 g/mol. The van der Waals surface area contributed by atoms with E-state index in [-0.39, 0.29) is 23.6 Å². The summed E-state index contributed by atoms with van der Waals surface area (Å²) in [5.41, 5.74) is 2.09. The number of benzene rings is 1. The Labute approximate surface area is 175 Å². The minimum atomic E-state index is -0.355. The topological polar surface area (TPSA) is 87.9 Å². The number of methoxy groups -OCH3 is 1. The molecule has 2 aromatic rings. The highest BCUT2D eigenvalue weighted by Gasteiger charge is 2.28. The Morgan fingerprint density at radius 2 is 2.03 bits per heavy atom. The molecule has 0 saturated carbocycles. The number of aryl methyl sites for hydroxylation is 1. The third kappa shape index (κ3) is 4.05. The molecule has 0 unspecified atom stereocenters. The molecule has 4 rings (SSSR count). The molecule has 2 fully saturated rings. The quantitative estimate of drug-likeness (QED) is 0.821. The number of hydrogen-bond donors (Lipinski definition) is 1. The zero-order valence-corrected chi connectivity index (χ0v) is 17.5. The van der Waals surface area contributed by atoms with Crippen LogP contribution in [0.25, 0.3) is 0 Å². The molecule has 30 heavy (non-hydrogen) atoms. The Kier molecular flexibility index (Phi) is 5.76. The Balaban J connectivity index is 1.50. The van der Waals surface area contributed by atoms with Crippen LogP contribution in [0.4, 0.5) is 5.69 Å². The van der Waals surface area contributed by atoms with Gasteiger partial charge in [-0.2, -0.15) is 5.10 Å². The van der Waals surface area contributed by atoms with Crippen LogP contribution in [-0.2, 0) is 0 Å². The van der Waals surface area contributed by atoms with Crippen molar-refractivity contribution in [1.82, 2.24) is 14.7 Å². The van der Waals surface area contributed by atoms with E-state index < -0.39 is 0 Å². The van der Waals surface area contributed by atoms with E-state index in [9.17, 15) is 14.7 Å². The smallest absolute Gasteiger partial charge is 0.269 e. The van der Waals surface area contributed by atoms with Crippen LogP contribution in [-0.4, -0.2) is 65.1 Å². The fraction of sp³-hybridized carbons (Fsp3) is 0.500. The average molecular weight is 412 g/mol. The first-order valence-electron chi connectivity index (χ1n) is 10.4. The molecule has 0 radical (unpaired) electrons. The number of aromatic nitrogens is 2. The van der Waals surface area contributed by atoms with E-state index in [1.165, 1.54) is 4.68 Å². The first kappa shape index (κ1) is 20.4. The van der Waals surface area contributed by atoms with E-state index in [2.05, 4.69) is 5.10 Å². The molecule has 160 valence electrons. The van der Waals surface area contributed by atoms with Crippen LogP contribution in [0.3, 0.4) is 0 Å². The number of hydrogen-bond acceptors (Lipinski definition) is 6. The first-order chi connectivity index (χ1) is 14.5. The van der Waals surface area contributed by atoms with Gasteiger partial charge in [-0.15, -0.1) is 0 Å². The van der Waals surface area contributed by atoms with Crippen LogP contribution >= 0.6 is 0 Å². The molecule has 8 heteroatoms. The second kappa shape index (κ2) is 8.47. The Morgan fingerprint density at radius 1 is 1.20 bits per heavy atom. The fourth-order valence-electron chi connectivity index (χ4n) is 4.34. The van der Waals surface area contributed by atoms with Crippen LogP contribution < -0.4 is 15.2 Å². The maximum atomic E-state index is 13.1. The van der Waals surface area contributed by atoms with Crippen molar-refractivity contribution in [2.24, 2.45) is 0 Å². The summed E-state index contributed by atoms with van der Waals surface area (Å²) in [7, 11) is 1.60. The van der Waals surface area contributed by atoms with Crippen molar-refractivity contribution >= 4 is 11.6 Å². The van der Waals surface area contributed by atoms with Crippen LogP contribution in [0.1, 0.15) is 41.2 Å². The Morgan fingerprint density at radius 3 is 2.70 bits per heavy atom. The van der Waals surface area contributed by atoms with Gasteiger partial charge in [-0.25, -0.2) is 4.68 Å². The van der Waals surface area contributed by atoms with E-state index >= 15 is 0 Å². The van der Waals surface area contributed by atoms with Crippen molar-refractivity contribution in [3.8, 4) is 5.75 Å². The molecule has 3 heterocycles.